The van der Waals surface area contributed by atoms with Crippen molar-refractivity contribution < 1.29 is 4.79 Å². The maximum Gasteiger partial charge on any atom is 0.285 e. The minimum Gasteiger partial charge on any atom is -0.298 e. The van der Waals surface area contributed by atoms with Gasteiger partial charge in [0.25, 0.3) is 11.1 Å². The second-order valence-corrected chi connectivity index (χ2v) is 3.42. The molecular weight excluding hydrogens is 231 g/mol. The maximum atomic E-state index is 11.3. The Bertz CT molecular complexity index is 489. The van der Waals surface area contributed by atoms with Crippen LogP contribution in [0.2, 0.25) is 10.0 Å². The van der Waals surface area contributed by atoms with Gasteiger partial charge in [0.15, 0.2) is 5.78 Å². The van der Waals surface area contributed by atoms with E-state index in [0.29, 0.717) is 0 Å². The number of Topliss-reactive ketones (excluding diaryl/α,β-unsaturated/α-hetero) is 1. The number of carbonyl (C=O) groups excluding carboxylic acids is 1. The summed E-state index contributed by atoms with van der Waals surface area (Å²) in [4.78, 5) is 33.1. The fourth-order valence-electron chi connectivity index (χ4n) is 0.868. The molecule has 0 unspecified atom stereocenters. The van der Waals surface area contributed by atoms with Crippen LogP contribution < -0.4 is 11.1 Å². The number of H-pyrrole nitrogens is 1. The molecule has 0 fully saturated rings. The number of ketones is 1. The van der Waals surface area contributed by atoms with E-state index in [1.807, 2.05) is 0 Å². The Balaban J connectivity index is 3.41. The molecule has 1 N–H and O–H groups in total. The van der Waals surface area contributed by atoms with Gasteiger partial charge in [-0.2, -0.15) is 0 Å². The number of nitrogens with zero attached hydrogens (tertiary/aromatic N) is 1. The molecule has 0 spiro atoms. The zero-order valence-electron chi connectivity index (χ0n) is 7.13. The van der Waals surface area contributed by atoms with Crippen LogP contribution in [0.25, 0.3) is 0 Å². The first kappa shape index (κ1) is 11.0. The van der Waals surface area contributed by atoms with Crippen LogP contribution in [-0.2, 0) is 11.3 Å². The quantitative estimate of drug-likeness (QED) is 0.810. The van der Waals surface area contributed by atoms with Crippen LogP contribution >= 0.6 is 23.2 Å². The molecule has 0 aliphatic rings. The summed E-state index contributed by atoms with van der Waals surface area (Å²) in [6, 6.07) is 0. The third-order valence-corrected chi connectivity index (χ3v) is 2.25. The summed E-state index contributed by atoms with van der Waals surface area (Å²) >= 11 is 10.9. The third kappa shape index (κ3) is 2.05. The van der Waals surface area contributed by atoms with Crippen molar-refractivity contribution in [2.45, 2.75) is 13.5 Å². The number of hydrogen-bond acceptors (Lipinski definition) is 3. The van der Waals surface area contributed by atoms with E-state index in [4.69, 9.17) is 23.2 Å². The summed E-state index contributed by atoms with van der Waals surface area (Å²) in [6.07, 6.45) is 0. The Hall–Kier alpha value is -1.07. The van der Waals surface area contributed by atoms with Gasteiger partial charge in [-0.15, -0.1) is 0 Å². The highest BCUT2D eigenvalue weighted by molar-refractivity contribution is 6.41. The number of halogens is 2. The summed E-state index contributed by atoms with van der Waals surface area (Å²) < 4.78 is 0.818. The van der Waals surface area contributed by atoms with E-state index in [0.717, 1.165) is 4.68 Å². The van der Waals surface area contributed by atoms with E-state index >= 15 is 0 Å². The average Bonchev–Trinajstić information content (AvgIpc) is 2.10. The van der Waals surface area contributed by atoms with Crippen LogP contribution in [0, 0.1) is 0 Å². The molecule has 1 heterocycles. The summed E-state index contributed by atoms with van der Waals surface area (Å²) in [7, 11) is 0. The van der Waals surface area contributed by atoms with Crippen molar-refractivity contribution in [2.75, 3.05) is 0 Å². The fraction of sp³-hybridized carbons (Fsp3) is 0.286. The Morgan fingerprint density at radius 3 is 2.43 bits per heavy atom. The minimum atomic E-state index is -0.697. The monoisotopic (exact) mass is 236 g/mol. The number of rotatable bonds is 2. The van der Waals surface area contributed by atoms with E-state index in [9.17, 15) is 14.4 Å². The highest BCUT2D eigenvalue weighted by Crippen LogP contribution is 2.10. The number of nitrogens with one attached hydrogen (secondary N) is 1. The zero-order valence-corrected chi connectivity index (χ0v) is 8.65. The van der Waals surface area contributed by atoms with Crippen LogP contribution in [-0.4, -0.2) is 15.6 Å². The minimum absolute atomic E-state index is 0.231. The first-order valence-electron chi connectivity index (χ1n) is 3.61. The topological polar surface area (TPSA) is 71.9 Å². The molecule has 76 valence electrons. The normalized spacial score (nSPS) is 10.2. The fourth-order valence-corrected chi connectivity index (χ4v) is 1.18. The lowest BCUT2D eigenvalue weighted by molar-refractivity contribution is -0.117. The molecule has 0 saturated carbocycles. The number of aromatic nitrogens is 2. The van der Waals surface area contributed by atoms with E-state index in [1.54, 1.807) is 0 Å². The smallest absolute Gasteiger partial charge is 0.285 e. The van der Waals surface area contributed by atoms with Gasteiger partial charge in [-0.1, -0.05) is 23.2 Å². The highest BCUT2D eigenvalue weighted by atomic mass is 35.5. The summed E-state index contributed by atoms with van der Waals surface area (Å²) in [6.45, 7) is 1.05. The molecule has 14 heavy (non-hydrogen) atoms. The zero-order chi connectivity index (χ0) is 10.9. The van der Waals surface area contributed by atoms with Gasteiger partial charge in [0.2, 0.25) is 0 Å². The van der Waals surface area contributed by atoms with E-state index in [2.05, 4.69) is 5.10 Å². The molecule has 0 aliphatic carbocycles. The predicted octanol–water partition coefficient (Wildman–Crippen LogP) is 0.432. The lowest BCUT2D eigenvalue weighted by Gasteiger charge is -2.03. The lowest BCUT2D eigenvalue weighted by atomic mass is 10.4. The standard InChI is InChI=1S/C7H6Cl2N2O3/c1-3(12)2-11-7(14)5(9)4(8)6(13)10-11/h2H2,1H3,(H,10,13). The third-order valence-electron chi connectivity index (χ3n) is 1.44. The number of carbonyl (C=O) groups is 1. The van der Waals surface area contributed by atoms with Gasteiger partial charge >= 0.3 is 0 Å². The first-order chi connectivity index (χ1) is 6.43. The first-order valence-corrected chi connectivity index (χ1v) is 4.36. The average molecular weight is 237 g/mol. The molecule has 1 aromatic heterocycles. The van der Waals surface area contributed by atoms with Gasteiger partial charge in [0.05, 0.1) is 0 Å². The Morgan fingerprint density at radius 1 is 1.36 bits per heavy atom. The van der Waals surface area contributed by atoms with Crippen LogP contribution in [0.3, 0.4) is 0 Å². The SMILES string of the molecule is CC(=O)Cn1[nH]c(=O)c(Cl)c(Cl)c1=O. The molecule has 0 amide bonds. The Labute approximate surface area is 88.2 Å². The van der Waals surface area contributed by atoms with E-state index in [-0.39, 0.29) is 22.4 Å². The van der Waals surface area contributed by atoms with Gasteiger partial charge in [-0.3, -0.25) is 19.5 Å². The molecule has 1 aromatic rings. The van der Waals surface area contributed by atoms with Crippen LogP contribution in [0.1, 0.15) is 6.92 Å². The Kier molecular flexibility index (Phi) is 3.13. The Morgan fingerprint density at radius 2 is 1.93 bits per heavy atom. The van der Waals surface area contributed by atoms with Crippen molar-refractivity contribution in [1.29, 1.82) is 0 Å². The molecule has 7 heteroatoms. The number of hydrogen-bond donors (Lipinski definition) is 1. The van der Waals surface area contributed by atoms with Crippen molar-refractivity contribution in [3.63, 3.8) is 0 Å². The van der Waals surface area contributed by atoms with Gasteiger partial charge in [-0.05, 0) is 6.92 Å². The van der Waals surface area contributed by atoms with Crippen molar-refractivity contribution in [3.05, 3.63) is 30.8 Å². The lowest BCUT2D eigenvalue weighted by Crippen LogP contribution is -2.32. The van der Waals surface area contributed by atoms with Gasteiger partial charge < -0.3 is 0 Å². The molecule has 0 aliphatic heterocycles. The molecule has 0 atom stereocenters. The molecule has 0 radical (unpaired) electrons. The van der Waals surface area contributed by atoms with Gasteiger partial charge in [0, 0.05) is 0 Å². The maximum absolute atomic E-state index is 11.3. The van der Waals surface area contributed by atoms with E-state index < -0.39 is 11.1 Å². The summed E-state index contributed by atoms with van der Waals surface area (Å²) in [5.74, 6) is -0.277. The van der Waals surface area contributed by atoms with Crippen LogP contribution in [0.4, 0.5) is 0 Å². The molecule has 1 rings (SSSR count). The van der Waals surface area contributed by atoms with Crippen LogP contribution in [0.5, 0.6) is 0 Å². The van der Waals surface area contributed by atoms with Gasteiger partial charge in [0.1, 0.15) is 16.6 Å². The molecule has 0 aromatic carbocycles. The van der Waals surface area contributed by atoms with Crippen molar-refractivity contribution >= 4 is 29.0 Å². The van der Waals surface area contributed by atoms with Crippen molar-refractivity contribution in [3.8, 4) is 0 Å². The molecule has 0 saturated heterocycles. The molecular formula is C7H6Cl2N2O3. The van der Waals surface area contributed by atoms with Crippen LogP contribution in [0.15, 0.2) is 9.59 Å². The summed E-state index contributed by atoms with van der Waals surface area (Å²) in [5, 5.41) is 1.38. The number of aromatic amines is 1. The largest absolute Gasteiger partial charge is 0.298 e. The summed E-state index contributed by atoms with van der Waals surface area (Å²) in [5.41, 5.74) is -1.39. The predicted molar refractivity (Wildman–Crippen MR) is 52.0 cm³/mol. The molecule has 5 nitrogen and oxygen atoms in total. The second kappa shape index (κ2) is 3.98. The second-order valence-electron chi connectivity index (χ2n) is 2.66. The highest BCUT2D eigenvalue weighted by Gasteiger charge is 2.11. The van der Waals surface area contributed by atoms with Crippen molar-refractivity contribution in [1.82, 2.24) is 9.78 Å². The van der Waals surface area contributed by atoms with E-state index in [1.165, 1.54) is 6.92 Å². The van der Waals surface area contributed by atoms with Crippen molar-refractivity contribution in [2.24, 2.45) is 0 Å². The van der Waals surface area contributed by atoms with Gasteiger partial charge in [-0.25, -0.2) is 4.68 Å². The molecule has 0 bridgehead atoms.